The summed E-state index contributed by atoms with van der Waals surface area (Å²) in [7, 11) is 0. The average Bonchev–Trinajstić information content (AvgIpc) is 2.47. The molecule has 70 valence electrons. The molecule has 2 rings (SSSR count). The molecule has 1 heterocycles. The van der Waals surface area contributed by atoms with Gasteiger partial charge in [-0.05, 0) is 30.5 Å². The van der Waals surface area contributed by atoms with Gasteiger partial charge in [-0.1, -0.05) is 19.9 Å². The Morgan fingerprint density at radius 3 is 2.85 bits per heavy atom. The molecular weight excluding hydrogens is 160 g/mol. The van der Waals surface area contributed by atoms with Crippen LogP contribution in [0.4, 0.5) is 0 Å². The van der Waals surface area contributed by atoms with E-state index in [2.05, 4.69) is 49.2 Å². The number of benzene rings is 1. The Hall–Kier alpha value is -1.31. The van der Waals surface area contributed by atoms with Gasteiger partial charge in [0.25, 0.3) is 0 Å². The molecule has 13 heavy (non-hydrogen) atoms. The molecule has 0 atom stereocenters. The maximum absolute atomic E-state index is 4.19. The molecule has 0 fully saturated rings. The zero-order chi connectivity index (χ0) is 9.42. The highest BCUT2D eigenvalue weighted by Gasteiger charge is 2.04. The second kappa shape index (κ2) is 2.87. The lowest BCUT2D eigenvalue weighted by Crippen LogP contribution is -1.85. The molecule has 0 unspecified atom stereocenters. The third-order valence-electron chi connectivity index (χ3n) is 2.44. The number of fused-ring (bicyclic) bond motifs is 1. The Bertz CT molecular complexity index is 432. The van der Waals surface area contributed by atoms with E-state index in [9.17, 15) is 0 Å². The smallest absolute Gasteiger partial charge is 0.0923 e. The van der Waals surface area contributed by atoms with E-state index in [4.69, 9.17) is 0 Å². The van der Waals surface area contributed by atoms with Crippen molar-refractivity contribution in [2.24, 2.45) is 0 Å². The number of rotatable bonds is 1. The van der Waals surface area contributed by atoms with Crippen LogP contribution in [0.25, 0.3) is 10.9 Å². The SMILES string of the molecule is Cc1[nH]nc2ccc(C(C)C)cc12.[HH]. The number of H-pyrrole nitrogens is 1. The third kappa shape index (κ3) is 1.32. The summed E-state index contributed by atoms with van der Waals surface area (Å²) in [6.45, 7) is 6.46. The highest BCUT2D eigenvalue weighted by Crippen LogP contribution is 2.21. The van der Waals surface area contributed by atoms with Gasteiger partial charge in [0.2, 0.25) is 0 Å². The van der Waals surface area contributed by atoms with E-state index in [-0.39, 0.29) is 1.43 Å². The van der Waals surface area contributed by atoms with Gasteiger partial charge in [0.15, 0.2) is 0 Å². The van der Waals surface area contributed by atoms with Crippen molar-refractivity contribution in [1.29, 1.82) is 0 Å². The number of aromatic nitrogens is 2. The van der Waals surface area contributed by atoms with Gasteiger partial charge in [-0.2, -0.15) is 5.10 Å². The highest BCUT2D eigenvalue weighted by atomic mass is 15.1. The summed E-state index contributed by atoms with van der Waals surface area (Å²) in [5.41, 5.74) is 3.58. The molecule has 0 radical (unpaired) electrons. The van der Waals surface area contributed by atoms with Crippen LogP contribution in [-0.2, 0) is 0 Å². The van der Waals surface area contributed by atoms with Crippen LogP contribution in [0.3, 0.4) is 0 Å². The van der Waals surface area contributed by atoms with Crippen molar-refractivity contribution in [3.8, 4) is 0 Å². The van der Waals surface area contributed by atoms with Crippen LogP contribution >= 0.6 is 0 Å². The van der Waals surface area contributed by atoms with Gasteiger partial charge < -0.3 is 0 Å². The number of hydrogen-bond donors (Lipinski definition) is 1. The van der Waals surface area contributed by atoms with Crippen molar-refractivity contribution in [2.75, 3.05) is 0 Å². The molecule has 0 saturated carbocycles. The summed E-state index contributed by atoms with van der Waals surface area (Å²) < 4.78 is 0. The molecule has 0 aliphatic carbocycles. The molecule has 0 amide bonds. The van der Waals surface area contributed by atoms with Gasteiger partial charge in [-0.25, -0.2) is 0 Å². The fourth-order valence-electron chi connectivity index (χ4n) is 1.51. The van der Waals surface area contributed by atoms with Gasteiger partial charge in [-0.3, -0.25) is 5.10 Å². The Morgan fingerprint density at radius 2 is 2.15 bits per heavy atom. The predicted octanol–water partition coefficient (Wildman–Crippen LogP) is 3.24. The highest BCUT2D eigenvalue weighted by molar-refractivity contribution is 5.81. The molecule has 0 saturated heterocycles. The van der Waals surface area contributed by atoms with Crippen molar-refractivity contribution in [1.82, 2.24) is 10.2 Å². The van der Waals surface area contributed by atoms with E-state index in [0.29, 0.717) is 5.92 Å². The van der Waals surface area contributed by atoms with Gasteiger partial charge in [0, 0.05) is 12.5 Å². The molecule has 2 aromatic rings. The topological polar surface area (TPSA) is 28.7 Å². The van der Waals surface area contributed by atoms with Crippen LogP contribution in [0.5, 0.6) is 0 Å². The van der Waals surface area contributed by atoms with Crippen LogP contribution in [0.15, 0.2) is 18.2 Å². The molecule has 2 nitrogen and oxygen atoms in total. The molecule has 1 N–H and O–H groups in total. The first-order valence-electron chi connectivity index (χ1n) is 4.63. The number of hydrogen-bond acceptors (Lipinski definition) is 1. The maximum Gasteiger partial charge on any atom is 0.0923 e. The number of aryl methyl sites for hydroxylation is 1. The van der Waals surface area contributed by atoms with Gasteiger partial charge in [0.1, 0.15) is 0 Å². The Labute approximate surface area is 79.5 Å². The largest absolute Gasteiger partial charge is 0.282 e. The lowest BCUT2D eigenvalue weighted by Gasteiger charge is -2.04. The summed E-state index contributed by atoms with van der Waals surface area (Å²) in [6.07, 6.45) is 0. The van der Waals surface area contributed by atoms with Crippen LogP contribution in [-0.4, -0.2) is 10.2 Å². The summed E-state index contributed by atoms with van der Waals surface area (Å²) in [6, 6.07) is 6.44. The van der Waals surface area contributed by atoms with Crippen LogP contribution in [0, 0.1) is 6.92 Å². The van der Waals surface area contributed by atoms with E-state index in [1.165, 1.54) is 10.9 Å². The number of nitrogens with one attached hydrogen (secondary N) is 1. The quantitative estimate of drug-likeness (QED) is 0.710. The zero-order valence-corrected chi connectivity index (χ0v) is 8.26. The third-order valence-corrected chi connectivity index (χ3v) is 2.44. The normalized spacial score (nSPS) is 11.4. The minimum absolute atomic E-state index is 0. The van der Waals surface area contributed by atoms with Crippen LogP contribution in [0.2, 0.25) is 0 Å². The van der Waals surface area contributed by atoms with E-state index in [1.807, 2.05) is 0 Å². The lowest BCUT2D eigenvalue weighted by molar-refractivity contribution is 0.868. The summed E-state index contributed by atoms with van der Waals surface area (Å²) in [4.78, 5) is 0. The van der Waals surface area contributed by atoms with Crippen molar-refractivity contribution in [3.63, 3.8) is 0 Å². The molecule has 0 aliphatic rings. The molecule has 1 aromatic carbocycles. The fraction of sp³-hybridized carbons (Fsp3) is 0.364. The monoisotopic (exact) mass is 176 g/mol. The summed E-state index contributed by atoms with van der Waals surface area (Å²) in [5, 5.41) is 8.43. The van der Waals surface area contributed by atoms with Gasteiger partial charge in [-0.15, -0.1) is 0 Å². The first-order valence-corrected chi connectivity index (χ1v) is 4.63. The standard InChI is InChI=1S/C11H14N2.H2/c1-7(2)9-4-5-11-10(6-9)8(3)12-13-11;/h4-7H,1-3H3,(H,12,13);1H. The number of nitrogens with zero attached hydrogens (tertiary/aromatic N) is 1. The van der Waals surface area contributed by atoms with E-state index in [0.717, 1.165) is 11.2 Å². The summed E-state index contributed by atoms with van der Waals surface area (Å²) >= 11 is 0. The molecular formula is C11H16N2. The van der Waals surface area contributed by atoms with Crippen molar-refractivity contribution >= 4 is 10.9 Å². The number of aromatic amines is 1. The average molecular weight is 176 g/mol. The second-order valence-corrected chi connectivity index (χ2v) is 3.78. The minimum Gasteiger partial charge on any atom is -0.282 e. The van der Waals surface area contributed by atoms with Crippen molar-refractivity contribution in [2.45, 2.75) is 26.7 Å². The van der Waals surface area contributed by atoms with Gasteiger partial charge >= 0.3 is 0 Å². The second-order valence-electron chi connectivity index (χ2n) is 3.78. The molecule has 2 heteroatoms. The van der Waals surface area contributed by atoms with E-state index >= 15 is 0 Å². The Balaban J connectivity index is 0.000000980. The maximum atomic E-state index is 4.19. The van der Waals surface area contributed by atoms with E-state index < -0.39 is 0 Å². The molecule has 0 bridgehead atoms. The Morgan fingerprint density at radius 1 is 1.38 bits per heavy atom. The molecule has 1 aromatic heterocycles. The summed E-state index contributed by atoms with van der Waals surface area (Å²) in [5.74, 6) is 0.582. The molecule has 0 spiro atoms. The van der Waals surface area contributed by atoms with Crippen LogP contribution in [0.1, 0.15) is 32.4 Å². The molecule has 0 aliphatic heterocycles. The predicted molar refractivity (Wildman–Crippen MR) is 57.0 cm³/mol. The van der Waals surface area contributed by atoms with Crippen LogP contribution < -0.4 is 0 Å². The first-order chi connectivity index (χ1) is 6.18. The zero-order valence-electron chi connectivity index (χ0n) is 8.26. The van der Waals surface area contributed by atoms with Gasteiger partial charge in [0.05, 0.1) is 5.52 Å². The fourth-order valence-corrected chi connectivity index (χ4v) is 1.51. The van der Waals surface area contributed by atoms with Crippen molar-refractivity contribution < 1.29 is 1.43 Å². The van der Waals surface area contributed by atoms with Crippen molar-refractivity contribution in [3.05, 3.63) is 29.5 Å². The minimum atomic E-state index is 0. The van der Waals surface area contributed by atoms with E-state index in [1.54, 1.807) is 0 Å². The first kappa shape index (κ1) is 8.30. The lowest BCUT2D eigenvalue weighted by atomic mass is 10.0. The Kier molecular flexibility index (Phi) is 1.83.